The molecule has 0 atom stereocenters. The summed E-state index contributed by atoms with van der Waals surface area (Å²) in [4.78, 5) is 0. The van der Waals surface area contributed by atoms with Gasteiger partial charge in [-0.2, -0.15) is 0 Å². The van der Waals surface area contributed by atoms with E-state index in [-0.39, 0.29) is 5.75 Å². The van der Waals surface area contributed by atoms with Crippen LogP contribution in [0.4, 0.5) is 0 Å². The Morgan fingerprint density at radius 2 is 1.04 bits per heavy atom. The molecule has 0 amide bonds. The number of halogens is 1. The molecule has 0 unspecified atom stereocenters. The molecule has 4 aromatic carbocycles. The van der Waals surface area contributed by atoms with E-state index in [4.69, 9.17) is 11.6 Å². The van der Waals surface area contributed by atoms with Crippen LogP contribution in [0.2, 0.25) is 5.02 Å². The Hall–Kier alpha value is -3.03. The predicted octanol–water partition coefficient (Wildman–Crippen LogP) is 7.68. The highest BCUT2D eigenvalue weighted by Gasteiger charge is 2.06. The zero-order valence-electron chi connectivity index (χ0n) is 16.1. The first-order chi connectivity index (χ1) is 13.5. The average Bonchev–Trinajstić information content (AvgIpc) is 2.74. The molecule has 4 aromatic rings. The fourth-order valence-electron chi connectivity index (χ4n) is 2.91. The summed E-state index contributed by atoms with van der Waals surface area (Å²) < 4.78 is 0. The van der Waals surface area contributed by atoms with Crippen molar-refractivity contribution in [2.24, 2.45) is 0 Å². The van der Waals surface area contributed by atoms with Gasteiger partial charge in [-0.05, 0) is 53.8 Å². The third-order valence-electron chi connectivity index (χ3n) is 4.52. The molecule has 0 fully saturated rings. The fourth-order valence-corrected chi connectivity index (χ4v) is 3.18. The molecule has 0 aromatic heterocycles. The van der Waals surface area contributed by atoms with E-state index in [9.17, 15) is 5.11 Å². The Balaban J connectivity index is 0.000000167. The quantitative estimate of drug-likeness (QED) is 0.374. The van der Waals surface area contributed by atoms with E-state index in [2.05, 4.69) is 79.7 Å². The highest BCUT2D eigenvalue weighted by Crippen LogP contribution is 2.32. The molecule has 0 aliphatic carbocycles. The average molecular weight is 387 g/mol. The Labute approximate surface area is 171 Å². The molecule has 0 aliphatic heterocycles. The van der Waals surface area contributed by atoms with Crippen molar-refractivity contribution in [1.29, 1.82) is 0 Å². The Morgan fingerprint density at radius 1 is 0.571 bits per heavy atom. The number of phenols is 1. The highest BCUT2D eigenvalue weighted by molar-refractivity contribution is 6.32. The minimum Gasteiger partial charge on any atom is -0.506 e. The van der Waals surface area contributed by atoms with Gasteiger partial charge in [-0.15, -0.1) is 0 Å². The minimum atomic E-state index is 0.164. The van der Waals surface area contributed by atoms with E-state index in [1.54, 1.807) is 6.07 Å². The van der Waals surface area contributed by atoms with E-state index in [0.717, 1.165) is 16.7 Å². The van der Waals surface area contributed by atoms with Gasteiger partial charge in [0.2, 0.25) is 0 Å². The van der Waals surface area contributed by atoms with Crippen molar-refractivity contribution in [2.45, 2.75) is 13.8 Å². The first-order valence-electron chi connectivity index (χ1n) is 9.21. The molecule has 0 spiro atoms. The first kappa shape index (κ1) is 19.7. The van der Waals surface area contributed by atoms with Crippen molar-refractivity contribution in [3.63, 3.8) is 0 Å². The number of hydrogen-bond donors (Lipinski definition) is 1. The van der Waals surface area contributed by atoms with Crippen LogP contribution in [0.3, 0.4) is 0 Å². The summed E-state index contributed by atoms with van der Waals surface area (Å²) in [6, 6.07) is 32.7. The normalized spacial score (nSPS) is 10.1. The zero-order chi connectivity index (χ0) is 19.9. The van der Waals surface area contributed by atoms with Gasteiger partial charge in [0.25, 0.3) is 0 Å². The lowest BCUT2D eigenvalue weighted by Gasteiger charge is -2.07. The van der Waals surface area contributed by atoms with Gasteiger partial charge in [-0.25, -0.2) is 0 Å². The molecule has 28 heavy (non-hydrogen) atoms. The number of aromatic hydroxyl groups is 1. The molecule has 4 rings (SSSR count). The molecule has 0 saturated carbocycles. The topological polar surface area (TPSA) is 20.2 Å². The van der Waals surface area contributed by atoms with Crippen LogP contribution < -0.4 is 0 Å². The van der Waals surface area contributed by atoms with Crippen molar-refractivity contribution in [3.05, 3.63) is 113 Å². The maximum absolute atomic E-state index is 9.59. The lowest BCUT2D eigenvalue weighted by Crippen LogP contribution is -1.82. The lowest BCUT2D eigenvalue weighted by atomic mass is 10.0. The van der Waals surface area contributed by atoms with Gasteiger partial charge in [0.05, 0.1) is 5.02 Å². The molecule has 0 bridgehead atoms. The number of benzene rings is 4. The highest BCUT2D eigenvalue weighted by atomic mass is 35.5. The Kier molecular flexibility index (Phi) is 6.52. The van der Waals surface area contributed by atoms with E-state index in [1.165, 1.54) is 16.7 Å². The van der Waals surface area contributed by atoms with Gasteiger partial charge in [0.1, 0.15) is 5.75 Å². The number of rotatable bonds is 2. The SMILES string of the molecule is Cc1ccc(-c2cc(C)c(O)c(Cl)c2)cc1.c1ccc(-c2ccccc2)cc1. The predicted molar refractivity (Wildman–Crippen MR) is 120 cm³/mol. The Bertz CT molecular complexity index is 962. The van der Waals surface area contributed by atoms with Gasteiger partial charge in [-0.1, -0.05) is 102 Å². The van der Waals surface area contributed by atoms with Crippen LogP contribution in [0.25, 0.3) is 22.3 Å². The van der Waals surface area contributed by atoms with Crippen LogP contribution in [-0.2, 0) is 0 Å². The number of hydrogen-bond acceptors (Lipinski definition) is 1. The molecule has 2 heteroatoms. The molecule has 1 nitrogen and oxygen atoms in total. The second-order valence-electron chi connectivity index (χ2n) is 6.72. The van der Waals surface area contributed by atoms with Crippen LogP contribution in [-0.4, -0.2) is 5.11 Å². The maximum Gasteiger partial charge on any atom is 0.137 e. The Morgan fingerprint density at radius 3 is 1.50 bits per heavy atom. The molecule has 0 saturated heterocycles. The van der Waals surface area contributed by atoms with Gasteiger partial charge in [0.15, 0.2) is 0 Å². The summed E-state index contributed by atoms with van der Waals surface area (Å²) in [6.45, 7) is 3.90. The van der Waals surface area contributed by atoms with Gasteiger partial charge < -0.3 is 5.11 Å². The summed E-state index contributed by atoms with van der Waals surface area (Å²) in [6.07, 6.45) is 0. The molecular formula is C26H23ClO. The van der Waals surface area contributed by atoms with Crippen molar-refractivity contribution in [3.8, 4) is 28.0 Å². The summed E-state index contributed by atoms with van der Waals surface area (Å²) in [5.41, 5.74) is 6.71. The van der Waals surface area contributed by atoms with Gasteiger partial charge in [0, 0.05) is 0 Å². The van der Waals surface area contributed by atoms with E-state index < -0.39 is 0 Å². The minimum absolute atomic E-state index is 0.164. The maximum atomic E-state index is 9.59. The van der Waals surface area contributed by atoms with Crippen molar-refractivity contribution >= 4 is 11.6 Å². The summed E-state index contributed by atoms with van der Waals surface area (Å²) in [5, 5.41) is 9.99. The number of aryl methyl sites for hydroxylation is 2. The summed E-state index contributed by atoms with van der Waals surface area (Å²) in [5.74, 6) is 0.164. The molecule has 140 valence electrons. The van der Waals surface area contributed by atoms with Crippen LogP contribution in [0, 0.1) is 13.8 Å². The number of phenolic OH excluding ortho intramolecular Hbond substituents is 1. The van der Waals surface area contributed by atoms with Crippen molar-refractivity contribution < 1.29 is 5.11 Å². The van der Waals surface area contributed by atoms with E-state index >= 15 is 0 Å². The lowest BCUT2D eigenvalue weighted by molar-refractivity contribution is 0.471. The fraction of sp³-hybridized carbons (Fsp3) is 0.0769. The largest absolute Gasteiger partial charge is 0.506 e. The molecule has 0 radical (unpaired) electrons. The molecular weight excluding hydrogens is 364 g/mol. The van der Waals surface area contributed by atoms with Gasteiger partial charge in [-0.3, -0.25) is 0 Å². The smallest absolute Gasteiger partial charge is 0.137 e. The van der Waals surface area contributed by atoms with Crippen molar-refractivity contribution in [2.75, 3.05) is 0 Å². The third kappa shape index (κ3) is 5.03. The van der Waals surface area contributed by atoms with Crippen LogP contribution in [0.1, 0.15) is 11.1 Å². The standard InChI is InChI=1S/C14H13ClO.C12H10/c1-9-3-5-11(6-4-9)12-7-10(2)14(16)13(15)8-12;1-3-7-11(8-4-1)12-9-5-2-6-10-12/h3-8,16H,1-2H3;1-10H. The zero-order valence-corrected chi connectivity index (χ0v) is 16.8. The van der Waals surface area contributed by atoms with E-state index in [0.29, 0.717) is 5.02 Å². The summed E-state index contributed by atoms with van der Waals surface area (Å²) in [7, 11) is 0. The monoisotopic (exact) mass is 386 g/mol. The molecule has 1 N–H and O–H groups in total. The molecule has 0 heterocycles. The van der Waals surface area contributed by atoms with Crippen LogP contribution in [0.15, 0.2) is 97.1 Å². The van der Waals surface area contributed by atoms with E-state index in [1.807, 2.05) is 25.1 Å². The van der Waals surface area contributed by atoms with Crippen LogP contribution >= 0.6 is 11.6 Å². The first-order valence-corrected chi connectivity index (χ1v) is 9.59. The van der Waals surface area contributed by atoms with Crippen LogP contribution in [0.5, 0.6) is 5.75 Å². The second kappa shape index (κ2) is 9.25. The molecule has 0 aliphatic rings. The third-order valence-corrected chi connectivity index (χ3v) is 4.81. The second-order valence-corrected chi connectivity index (χ2v) is 7.13. The summed E-state index contributed by atoms with van der Waals surface area (Å²) >= 11 is 5.95. The van der Waals surface area contributed by atoms with Crippen molar-refractivity contribution in [1.82, 2.24) is 0 Å². The van der Waals surface area contributed by atoms with Gasteiger partial charge >= 0.3 is 0 Å².